The van der Waals surface area contributed by atoms with Crippen LogP contribution in [0.3, 0.4) is 0 Å². The van der Waals surface area contributed by atoms with Crippen molar-refractivity contribution >= 4 is 19.2 Å². The van der Waals surface area contributed by atoms with Crippen molar-refractivity contribution < 1.29 is 47.3 Å². The molecule has 0 spiro atoms. The molecule has 6 atom stereocenters. The fourth-order valence-corrected chi connectivity index (χ4v) is 7.15. The van der Waals surface area contributed by atoms with Crippen molar-refractivity contribution in [3.8, 4) is 6.07 Å². The van der Waals surface area contributed by atoms with Crippen LogP contribution in [0, 0.1) is 17.1 Å². The van der Waals surface area contributed by atoms with Crippen LogP contribution in [0.25, 0.3) is 5.52 Å². The van der Waals surface area contributed by atoms with Gasteiger partial charge in [0.25, 0.3) is 0 Å². The lowest BCUT2D eigenvalue weighted by atomic mass is 9.93. The number of anilines is 1. The van der Waals surface area contributed by atoms with Gasteiger partial charge in [-0.1, -0.05) is 83.6 Å². The molecule has 1 fully saturated rings. The van der Waals surface area contributed by atoms with E-state index in [4.69, 9.17) is 34.3 Å². The number of aromatic nitrogens is 3. The predicted molar refractivity (Wildman–Crippen MR) is 195 cm³/mol. The predicted octanol–water partition coefficient (Wildman–Crippen LogP) is 6.09. The Morgan fingerprint density at radius 2 is 1.72 bits per heavy atom. The molecule has 16 heteroatoms. The van der Waals surface area contributed by atoms with Gasteiger partial charge in [0.15, 0.2) is 5.82 Å². The van der Waals surface area contributed by atoms with Crippen LogP contribution in [0.2, 0.25) is 0 Å². The van der Waals surface area contributed by atoms with Crippen LogP contribution in [0.5, 0.6) is 0 Å². The number of nitriles is 1. The van der Waals surface area contributed by atoms with Crippen molar-refractivity contribution in [2.75, 3.05) is 32.2 Å². The number of hydrogen-bond donors (Lipinski definition) is 4. The second-order valence-corrected chi connectivity index (χ2v) is 15.2. The molecule has 3 heterocycles. The van der Waals surface area contributed by atoms with E-state index in [-0.39, 0.29) is 30.2 Å². The number of ether oxygens (including phenoxy) is 3. The SMILES string of the molecule is CCCCCCCCCCCCCCOC[C@H](COP(=O)(O)OC[C@H]1O[C@@](C)(c2ccc3c(N)ncnn23)[C@H](O)[C@@H]1O)OCc1ccc(C#N)cc1F. The number of nitrogens with two attached hydrogens (primary N) is 1. The van der Waals surface area contributed by atoms with Gasteiger partial charge in [0.05, 0.1) is 43.8 Å². The number of aliphatic hydroxyl groups excluding tert-OH is 2. The van der Waals surface area contributed by atoms with Crippen molar-refractivity contribution in [1.82, 2.24) is 14.6 Å². The molecule has 1 aromatic carbocycles. The van der Waals surface area contributed by atoms with E-state index < -0.39 is 56.9 Å². The standard InChI is InChI=1S/C37H55FN5O9P/c1-3-4-5-6-7-8-9-10-11-12-13-14-19-48-23-29(49-22-28-16-15-27(21-39)20-30(28)38)24-50-53(46,47)51-25-32-34(44)35(45)37(2,52-32)33-18-17-31-36(40)41-26-42-43(31)33/h15-18,20,26,29,32,34-35,44-45H,3-14,19,22-25H2,1-2H3,(H,46,47)(H2,40,41,42)/t29-,32-,34-,35-,37+/m1/s1. The highest BCUT2D eigenvalue weighted by atomic mass is 31.2. The van der Waals surface area contributed by atoms with Crippen LogP contribution in [0.1, 0.15) is 108 Å². The van der Waals surface area contributed by atoms with E-state index in [1.54, 1.807) is 19.1 Å². The number of rotatable bonds is 25. The molecule has 1 aliphatic heterocycles. The fraction of sp³-hybridized carbons (Fsp3) is 0.649. The molecule has 294 valence electrons. The smallest absolute Gasteiger partial charge is 0.387 e. The summed E-state index contributed by atoms with van der Waals surface area (Å²) < 4.78 is 57.0. The molecule has 1 unspecified atom stereocenters. The zero-order valence-electron chi connectivity index (χ0n) is 30.8. The summed E-state index contributed by atoms with van der Waals surface area (Å²) in [6.07, 6.45) is 10.7. The van der Waals surface area contributed by atoms with Crippen LogP contribution in [0.4, 0.5) is 10.2 Å². The van der Waals surface area contributed by atoms with E-state index in [0.717, 1.165) is 25.3 Å². The highest BCUT2D eigenvalue weighted by Gasteiger charge is 2.54. The van der Waals surface area contributed by atoms with Crippen LogP contribution < -0.4 is 5.73 Å². The molecule has 3 aromatic rings. The first-order chi connectivity index (χ1) is 25.5. The molecule has 0 bridgehead atoms. The highest BCUT2D eigenvalue weighted by Crippen LogP contribution is 2.46. The first-order valence-electron chi connectivity index (χ1n) is 18.6. The second-order valence-electron chi connectivity index (χ2n) is 13.7. The number of halogens is 1. The molecule has 53 heavy (non-hydrogen) atoms. The highest BCUT2D eigenvalue weighted by molar-refractivity contribution is 7.47. The Hall–Kier alpha value is -3.03. The quantitative estimate of drug-likeness (QED) is 0.0570. The van der Waals surface area contributed by atoms with Gasteiger partial charge in [-0.25, -0.2) is 18.5 Å². The van der Waals surface area contributed by atoms with Crippen molar-refractivity contribution in [2.45, 2.75) is 128 Å². The van der Waals surface area contributed by atoms with E-state index in [0.29, 0.717) is 17.8 Å². The Bertz CT molecular complexity index is 1660. The first-order valence-corrected chi connectivity index (χ1v) is 20.1. The zero-order valence-corrected chi connectivity index (χ0v) is 31.7. The summed E-state index contributed by atoms with van der Waals surface area (Å²) in [5.41, 5.74) is 5.66. The summed E-state index contributed by atoms with van der Waals surface area (Å²) >= 11 is 0. The Kier molecular flexibility index (Phi) is 17.1. The Morgan fingerprint density at radius 1 is 1.04 bits per heavy atom. The molecule has 0 aliphatic carbocycles. The Morgan fingerprint density at radius 3 is 2.38 bits per heavy atom. The van der Waals surface area contributed by atoms with Crippen LogP contribution in [0.15, 0.2) is 36.7 Å². The molecule has 0 saturated carbocycles. The maximum Gasteiger partial charge on any atom is 0.472 e. The van der Waals surface area contributed by atoms with Gasteiger partial charge in [-0.05, 0) is 37.6 Å². The van der Waals surface area contributed by atoms with Gasteiger partial charge in [0, 0.05) is 12.2 Å². The molecule has 5 N–H and O–H groups in total. The number of phosphoric acid groups is 1. The Labute approximate surface area is 311 Å². The molecule has 0 radical (unpaired) electrons. The van der Waals surface area contributed by atoms with Gasteiger partial charge in [0.2, 0.25) is 0 Å². The maximum absolute atomic E-state index is 14.5. The monoisotopic (exact) mass is 763 g/mol. The summed E-state index contributed by atoms with van der Waals surface area (Å²) in [7, 11) is -4.74. The molecule has 2 aromatic heterocycles. The number of hydrogen-bond acceptors (Lipinski definition) is 12. The van der Waals surface area contributed by atoms with Gasteiger partial charge < -0.3 is 35.1 Å². The van der Waals surface area contributed by atoms with Crippen molar-refractivity contribution in [1.29, 1.82) is 5.26 Å². The summed E-state index contributed by atoms with van der Waals surface area (Å²) in [5.74, 6) is -0.411. The minimum Gasteiger partial charge on any atom is -0.387 e. The van der Waals surface area contributed by atoms with Crippen LogP contribution in [-0.2, 0) is 40.0 Å². The molecular formula is C37H55FN5O9P. The largest absolute Gasteiger partial charge is 0.472 e. The van der Waals surface area contributed by atoms with Crippen LogP contribution in [-0.4, -0.2) is 80.5 Å². The Balaban J connectivity index is 1.24. The first kappa shape index (κ1) is 42.7. The van der Waals surface area contributed by atoms with E-state index in [1.165, 1.54) is 80.8 Å². The van der Waals surface area contributed by atoms with Gasteiger partial charge in [-0.15, -0.1) is 0 Å². The third-order valence-corrected chi connectivity index (χ3v) is 10.5. The van der Waals surface area contributed by atoms with E-state index in [2.05, 4.69) is 17.0 Å². The number of unbranched alkanes of at least 4 members (excludes halogenated alkanes) is 11. The van der Waals surface area contributed by atoms with Gasteiger partial charge >= 0.3 is 7.82 Å². The summed E-state index contributed by atoms with van der Waals surface area (Å²) in [6, 6.07) is 9.17. The maximum atomic E-state index is 14.5. The van der Waals surface area contributed by atoms with E-state index >= 15 is 0 Å². The minimum absolute atomic E-state index is 0.00423. The lowest BCUT2D eigenvalue weighted by molar-refractivity contribution is -0.0901. The number of benzene rings is 1. The summed E-state index contributed by atoms with van der Waals surface area (Å²) in [4.78, 5) is 14.5. The summed E-state index contributed by atoms with van der Waals surface area (Å²) in [6.45, 7) is 3.00. The molecule has 4 rings (SSSR count). The number of fused-ring (bicyclic) bond motifs is 1. The van der Waals surface area contributed by atoms with E-state index in [1.807, 2.05) is 6.07 Å². The molecule has 14 nitrogen and oxygen atoms in total. The number of nitrogen functional groups attached to an aromatic ring is 1. The topological polar surface area (TPSA) is 204 Å². The molecule has 1 saturated heterocycles. The zero-order chi connectivity index (χ0) is 38.3. The fourth-order valence-electron chi connectivity index (χ4n) is 6.38. The van der Waals surface area contributed by atoms with Gasteiger partial charge in [0.1, 0.15) is 47.7 Å². The van der Waals surface area contributed by atoms with Gasteiger partial charge in [-0.2, -0.15) is 10.4 Å². The van der Waals surface area contributed by atoms with Crippen molar-refractivity contribution in [3.05, 3.63) is 59.3 Å². The third-order valence-electron chi connectivity index (χ3n) is 9.58. The van der Waals surface area contributed by atoms with E-state index in [9.17, 15) is 24.1 Å². The van der Waals surface area contributed by atoms with Crippen molar-refractivity contribution in [3.63, 3.8) is 0 Å². The van der Waals surface area contributed by atoms with Gasteiger partial charge in [-0.3, -0.25) is 9.05 Å². The summed E-state index contributed by atoms with van der Waals surface area (Å²) in [5, 5.41) is 35.0. The average Bonchev–Trinajstić information content (AvgIpc) is 3.68. The number of nitrogens with zero attached hydrogens (tertiary/aromatic N) is 4. The second kappa shape index (κ2) is 21.2. The molecule has 1 aliphatic rings. The number of aliphatic hydroxyl groups is 2. The average molecular weight is 764 g/mol. The normalized spacial score (nSPS) is 21.9. The van der Waals surface area contributed by atoms with Crippen LogP contribution >= 0.6 is 7.82 Å². The molecular weight excluding hydrogens is 708 g/mol. The molecule has 0 amide bonds. The number of phosphoric ester groups is 1. The van der Waals surface area contributed by atoms with Crippen molar-refractivity contribution in [2.24, 2.45) is 0 Å². The lowest BCUT2D eigenvalue weighted by Crippen LogP contribution is -2.39. The minimum atomic E-state index is -4.74. The third kappa shape index (κ3) is 12.5. The lowest BCUT2D eigenvalue weighted by Gasteiger charge is -2.27.